The van der Waals surface area contributed by atoms with Gasteiger partial charge in [0.25, 0.3) is 6.43 Å². The molecule has 2 nitrogen and oxygen atoms in total. The standard InChI is InChI=1S/C13H19ClF2N2/c1-3-10(17)6-9-4-5-12(11(14)7-9)18(2)8-13(15)16/h4-5,7,10,13H,3,6,8,17H2,1-2H3. The van der Waals surface area contributed by atoms with Crippen molar-refractivity contribution in [3.05, 3.63) is 28.8 Å². The summed E-state index contributed by atoms with van der Waals surface area (Å²) in [6.45, 7) is 1.70. The number of hydrogen-bond donors (Lipinski definition) is 1. The molecule has 0 fully saturated rings. The quantitative estimate of drug-likeness (QED) is 0.864. The van der Waals surface area contributed by atoms with Crippen molar-refractivity contribution in [1.82, 2.24) is 0 Å². The van der Waals surface area contributed by atoms with E-state index in [4.69, 9.17) is 17.3 Å². The summed E-state index contributed by atoms with van der Waals surface area (Å²) in [6.07, 6.45) is -0.737. The number of nitrogens with zero attached hydrogens (tertiary/aromatic N) is 1. The molecule has 1 rings (SSSR count). The second-order valence-electron chi connectivity index (χ2n) is 4.43. The third-order valence-corrected chi connectivity index (χ3v) is 3.16. The smallest absolute Gasteiger partial charge is 0.255 e. The van der Waals surface area contributed by atoms with E-state index in [2.05, 4.69) is 0 Å². The molecule has 18 heavy (non-hydrogen) atoms. The summed E-state index contributed by atoms with van der Waals surface area (Å²) in [5.41, 5.74) is 7.51. The molecule has 0 amide bonds. The summed E-state index contributed by atoms with van der Waals surface area (Å²) in [7, 11) is 1.60. The molecular weight excluding hydrogens is 258 g/mol. The van der Waals surface area contributed by atoms with Crippen LogP contribution >= 0.6 is 11.6 Å². The Morgan fingerprint density at radius 3 is 2.56 bits per heavy atom. The van der Waals surface area contributed by atoms with Gasteiger partial charge in [0.1, 0.15) is 0 Å². The molecule has 2 N–H and O–H groups in total. The second-order valence-corrected chi connectivity index (χ2v) is 4.84. The molecule has 0 aromatic heterocycles. The van der Waals surface area contributed by atoms with Crippen molar-refractivity contribution in [3.63, 3.8) is 0 Å². The van der Waals surface area contributed by atoms with Gasteiger partial charge in [0.2, 0.25) is 0 Å². The van der Waals surface area contributed by atoms with Crippen molar-refractivity contribution in [2.24, 2.45) is 5.73 Å². The van der Waals surface area contributed by atoms with Crippen molar-refractivity contribution in [1.29, 1.82) is 0 Å². The third kappa shape index (κ3) is 4.42. The number of anilines is 1. The molecule has 0 heterocycles. The van der Waals surface area contributed by atoms with E-state index in [0.29, 0.717) is 10.7 Å². The Kier molecular flexibility index (Phi) is 5.82. The number of halogens is 3. The highest BCUT2D eigenvalue weighted by atomic mass is 35.5. The van der Waals surface area contributed by atoms with Gasteiger partial charge in [-0.25, -0.2) is 8.78 Å². The van der Waals surface area contributed by atoms with Crippen molar-refractivity contribution in [2.75, 3.05) is 18.5 Å². The fourth-order valence-electron chi connectivity index (χ4n) is 1.74. The van der Waals surface area contributed by atoms with Gasteiger partial charge in [-0.2, -0.15) is 0 Å². The van der Waals surface area contributed by atoms with Crippen LogP contribution in [0.25, 0.3) is 0 Å². The van der Waals surface area contributed by atoms with E-state index in [0.717, 1.165) is 18.4 Å². The molecule has 1 atom stereocenters. The highest BCUT2D eigenvalue weighted by Crippen LogP contribution is 2.27. The Hall–Kier alpha value is -0.870. The molecular formula is C13H19ClF2N2. The lowest BCUT2D eigenvalue weighted by molar-refractivity contribution is 0.156. The summed E-state index contributed by atoms with van der Waals surface area (Å²) in [4.78, 5) is 1.45. The summed E-state index contributed by atoms with van der Waals surface area (Å²) in [5, 5.41) is 0.485. The third-order valence-electron chi connectivity index (χ3n) is 2.86. The molecule has 5 heteroatoms. The minimum Gasteiger partial charge on any atom is -0.368 e. The molecule has 0 spiro atoms. The molecule has 0 aliphatic rings. The Balaban J connectivity index is 2.79. The molecule has 102 valence electrons. The molecule has 0 bridgehead atoms. The maximum atomic E-state index is 12.3. The predicted octanol–water partition coefficient (Wildman–Crippen LogP) is 3.32. The first-order valence-electron chi connectivity index (χ1n) is 5.97. The minimum absolute atomic E-state index is 0.103. The largest absolute Gasteiger partial charge is 0.368 e. The fourth-order valence-corrected chi connectivity index (χ4v) is 2.09. The van der Waals surface area contributed by atoms with Crippen LogP contribution in [0.2, 0.25) is 5.02 Å². The van der Waals surface area contributed by atoms with Crippen LogP contribution in [0, 0.1) is 0 Å². The van der Waals surface area contributed by atoms with E-state index < -0.39 is 6.43 Å². The maximum absolute atomic E-state index is 12.3. The molecule has 0 radical (unpaired) electrons. The minimum atomic E-state index is -2.38. The zero-order valence-electron chi connectivity index (χ0n) is 10.7. The molecule has 1 aromatic rings. The number of alkyl halides is 2. The van der Waals surface area contributed by atoms with Crippen LogP contribution in [0.3, 0.4) is 0 Å². The zero-order valence-corrected chi connectivity index (χ0v) is 11.4. The van der Waals surface area contributed by atoms with Crippen molar-refractivity contribution in [2.45, 2.75) is 32.2 Å². The van der Waals surface area contributed by atoms with Crippen LogP contribution in [0.4, 0.5) is 14.5 Å². The van der Waals surface area contributed by atoms with Gasteiger partial charge >= 0.3 is 0 Å². The van der Waals surface area contributed by atoms with Crippen LogP contribution in [0.5, 0.6) is 0 Å². The van der Waals surface area contributed by atoms with Gasteiger partial charge in [0.15, 0.2) is 0 Å². The van der Waals surface area contributed by atoms with Gasteiger partial charge in [-0.1, -0.05) is 24.6 Å². The van der Waals surface area contributed by atoms with Crippen LogP contribution in [-0.2, 0) is 6.42 Å². The summed E-state index contributed by atoms with van der Waals surface area (Å²) in [5.74, 6) is 0. The summed E-state index contributed by atoms with van der Waals surface area (Å²) in [6, 6.07) is 5.56. The Bertz CT molecular complexity index is 385. The average Bonchev–Trinajstić information content (AvgIpc) is 2.27. The number of benzene rings is 1. The van der Waals surface area contributed by atoms with Crippen LogP contribution in [0.1, 0.15) is 18.9 Å². The molecule has 1 unspecified atom stereocenters. The molecule has 0 aliphatic heterocycles. The molecule has 0 aliphatic carbocycles. The number of nitrogens with two attached hydrogens (primary N) is 1. The predicted molar refractivity (Wildman–Crippen MR) is 72.7 cm³/mol. The van der Waals surface area contributed by atoms with Crippen molar-refractivity contribution in [3.8, 4) is 0 Å². The van der Waals surface area contributed by atoms with Gasteiger partial charge < -0.3 is 10.6 Å². The van der Waals surface area contributed by atoms with Crippen molar-refractivity contribution < 1.29 is 8.78 Å². The summed E-state index contributed by atoms with van der Waals surface area (Å²) >= 11 is 6.11. The van der Waals surface area contributed by atoms with Gasteiger partial charge in [-0.3, -0.25) is 0 Å². The Labute approximate surface area is 112 Å². The topological polar surface area (TPSA) is 29.3 Å². The first kappa shape index (κ1) is 15.2. The van der Waals surface area contributed by atoms with Crippen LogP contribution < -0.4 is 10.6 Å². The van der Waals surface area contributed by atoms with Crippen LogP contribution in [-0.4, -0.2) is 26.1 Å². The maximum Gasteiger partial charge on any atom is 0.255 e. The van der Waals surface area contributed by atoms with Crippen molar-refractivity contribution >= 4 is 17.3 Å². The Morgan fingerprint density at radius 2 is 2.06 bits per heavy atom. The fraction of sp³-hybridized carbons (Fsp3) is 0.538. The lowest BCUT2D eigenvalue weighted by atomic mass is 10.0. The van der Waals surface area contributed by atoms with Gasteiger partial charge in [0.05, 0.1) is 17.3 Å². The first-order valence-corrected chi connectivity index (χ1v) is 6.35. The number of rotatable bonds is 6. The molecule has 0 saturated heterocycles. The van der Waals surface area contributed by atoms with Gasteiger partial charge in [0, 0.05) is 13.1 Å². The molecule has 1 aromatic carbocycles. The van der Waals surface area contributed by atoms with Gasteiger partial charge in [-0.05, 0) is 30.5 Å². The number of hydrogen-bond acceptors (Lipinski definition) is 2. The van der Waals surface area contributed by atoms with E-state index >= 15 is 0 Å². The van der Waals surface area contributed by atoms with E-state index in [1.807, 2.05) is 13.0 Å². The van der Waals surface area contributed by atoms with Gasteiger partial charge in [-0.15, -0.1) is 0 Å². The first-order chi connectivity index (χ1) is 8.43. The zero-order chi connectivity index (χ0) is 13.7. The average molecular weight is 277 g/mol. The highest BCUT2D eigenvalue weighted by molar-refractivity contribution is 6.33. The van der Waals surface area contributed by atoms with Crippen LogP contribution in [0.15, 0.2) is 18.2 Å². The van der Waals surface area contributed by atoms with E-state index in [-0.39, 0.29) is 12.6 Å². The summed E-state index contributed by atoms with van der Waals surface area (Å²) < 4.78 is 24.6. The lowest BCUT2D eigenvalue weighted by Gasteiger charge is -2.20. The van der Waals surface area contributed by atoms with E-state index in [1.165, 1.54) is 4.90 Å². The Morgan fingerprint density at radius 1 is 1.39 bits per heavy atom. The van der Waals surface area contributed by atoms with E-state index in [1.54, 1.807) is 19.2 Å². The normalized spacial score (nSPS) is 12.8. The lowest BCUT2D eigenvalue weighted by Crippen LogP contribution is -2.24. The second kappa shape index (κ2) is 6.90. The van der Waals surface area contributed by atoms with E-state index in [9.17, 15) is 8.78 Å². The molecule has 0 saturated carbocycles. The highest BCUT2D eigenvalue weighted by Gasteiger charge is 2.12. The SMILES string of the molecule is CCC(N)Cc1ccc(N(C)CC(F)F)c(Cl)c1. The monoisotopic (exact) mass is 276 g/mol.